The number of carbonyl (C=O) groups is 1. The molecule has 1 aromatic carbocycles. The molecule has 18 heavy (non-hydrogen) atoms. The van der Waals surface area contributed by atoms with Crippen LogP contribution in [0.3, 0.4) is 0 Å². The van der Waals surface area contributed by atoms with Crippen molar-refractivity contribution in [3.63, 3.8) is 0 Å². The van der Waals surface area contributed by atoms with Gasteiger partial charge in [-0.05, 0) is 26.0 Å². The number of ketones is 1. The predicted molar refractivity (Wildman–Crippen MR) is 71.9 cm³/mol. The minimum atomic E-state index is -0.428. The zero-order chi connectivity index (χ0) is 13.1. The topological polar surface area (TPSA) is 39.2 Å². The average molecular weight is 243 g/mol. The number of Topliss-reactive ketones (excluding diaryl/α,β-unsaturated/α-hetero) is 1. The van der Waals surface area contributed by atoms with Crippen molar-refractivity contribution in [2.75, 3.05) is 0 Å². The Morgan fingerprint density at radius 3 is 2.83 bits per heavy atom. The number of aromatic nitrogens is 1. The van der Waals surface area contributed by atoms with Crippen molar-refractivity contribution in [3.05, 3.63) is 36.0 Å². The van der Waals surface area contributed by atoms with Crippen LogP contribution < -0.4 is 4.74 Å². The van der Waals surface area contributed by atoms with E-state index in [0.717, 1.165) is 16.6 Å². The summed E-state index contributed by atoms with van der Waals surface area (Å²) >= 11 is 0. The van der Waals surface area contributed by atoms with Gasteiger partial charge in [0.25, 0.3) is 0 Å². The Labute approximate surface area is 107 Å². The van der Waals surface area contributed by atoms with E-state index in [1.165, 1.54) is 0 Å². The minimum Gasteiger partial charge on any atom is -0.481 e. The van der Waals surface area contributed by atoms with E-state index < -0.39 is 6.10 Å². The van der Waals surface area contributed by atoms with Gasteiger partial charge in [-0.15, -0.1) is 0 Å². The van der Waals surface area contributed by atoms with Gasteiger partial charge in [0.1, 0.15) is 11.3 Å². The lowest BCUT2D eigenvalue weighted by Gasteiger charge is -2.14. The summed E-state index contributed by atoms with van der Waals surface area (Å²) in [6.45, 7) is 5.56. The van der Waals surface area contributed by atoms with Crippen LogP contribution in [-0.4, -0.2) is 16.9 Å². The number of rotatable bonds is 4. The number of nitrogens with zero attached hydrogens (tertiary/aromatic N) is 1. The summed E-state index contributed by atoms with van der Waals surface area (Å²) < 4.78 is 5.72. The van der Waals surface area contributed by atoms with E-state index in [-0.39, 0.29) is 5.78 Å². The third-order valence-corrected chi connectivity index (χ3v) is 2.93. The fourth-order valence-corrected chi connectivity index (χ4v) is 1.86. The Hall–Kier alpha value is -1.90. The lowest BCUT2D eigenvalue weighted by Crippen LogP contribution is -2.22. The van der Waals surface area contributed by atoms with Crippen LogP contribution in [0.5, 0.6) is 5.75 Å². The van der Waals surface area contributed by atoms with Gasteiger partial charge >= 0.3 is 0 Å². The Morgan fingerprint density at radius 2 is 2.11 bits per heavy atom. The fraction of sp³-hybridized carbons (Fsp3) is 0.333. The SMILES string of the molecule is CCC(=O)C(C)Oc1cccc2ccc(C)nc12. The van der Waals surface area contributed by atoms with Crippen LogP contribution in [0.4, 0.5) is 0 Å². The molecule has 94 valence electrons. The molecule has 1 aromatic heterocycles. The van der Waals surface area contributed by atoms with Crippen LogP contribution in [-0.2, 0) is 4.79 Å². The Bertz CT molecular complexity index is 578. The van der Waals surface area contributed by atoms with Crippen molar-refractivity contribution in [2.45, 2.75) is 33.3 Å². The lowest BCUT2D eigenvalue weighted by molar-refractivity contribution is -0.124. The number of pyridine rings is 1. The molecule has 0 saturated carbocycles. The van der Waals surface area contributed by atoms with Crippen LogP contribution in [0.2, 0.25) is 0 Å². The Balaban J connectivity index is 2.38. The maximum absolute atomic E-state index is 11.6. The molecule has 0 radical (unpaired) electrons. The molecule has 0 amide bonds. The first-order valence-corrected chi connectivity index (χ1v) is 6.17. The van der Waals surface area contributed by atoms with E-state index in [0.29, 0.717) is 12.2 Å². The van der Waals surface area contributed by atoms with Crippen LogP contribution in [0, 0.1) is 6.92 Å². The van der Waals surface area contributed by atoms with E-state index in [9.17, 15) is 4.79 Å². The molecule has 0 aliphatic carbocycles. The summed E-state index contributed by atoms with van der Waals surface area (Å²) in [6, 6.07) is 9.73. The maximum atomic E-state index is 11.6. The van der Waals surface area contributed by atoms with Crippen molar-refractivity contribution in [1.82, 2.24) is 4.98 Å². The zero-order valence-electron chi connectivity index (χ0n) is 10.9. The van der Waals surface area contributed by atoms with Gasteiger partial charge < -0.3 is 4.74 Å². The number of aryl methyl sites for hydroxylation is 1. The number of carbonyl (C=O) groups excluding carboxylic acids is 1. The van der Waals surface area contributed by atoms with Crippen molar-refractivity contribution in [1.29, 1.82) is 0 Å². The third kappa shape index (κ3) is 2.50. The van der Waals surface area contributed by atoms with Crippen molar-refractivity contribution in [2.24, 2.45) is 0 Å². The summed E-state index contributed by atoms with van der Waals surface area (Å²) in [6.07, 6.45) is 0.0567. The highest BCUT2D eigenvalue weighted by atomic mass is 16.5. The number of hydrogen-bond acceptors (Lipinski definition) is 3. The molecule has 0 saturated heterocycles. The second-order valence-corrected chi connectivity index (χ2v) is 4.36. The van der Waals surface area contributed by atoms with E-state index in [1.54, 1.807) is 6.92 Å². The normalized spacial score (nSPS) is 12.4. The summed E-state index contributed by atoms with van der Waals surface area (Å²) in [7, 11) is 0. The molecule has 0 aliphatic heterocycles. The van der Waals surface area contributed by atoms with Crippen molar-refractivity contribution < 1.29 is 9.53 Å². The largest absolute Gasteiger partial charge is 0.481 e. The fourth-order valence-electron chi connectivity index (χ4n) is 1.86. The maximum Gasteiger partial charge on any atom is 0.172 e. The van der Waals surface area contributed by atoms with Gasteiger partial charge in [-0.2, -0.15) is 0 Å². The molecule has 1 atom stereocenters. The van der Waals surface area contributed by atoms with Crippen LogP contribution in [0.15, 0.2) is 30.3 Å². The molecular formula is C15H17NO2. The summed E-state index contributed by atoms with van der Waals surface area (Å²) in [5.74, 6) is 0.769. The highest BCUT2D eigenvalue weighted by molar-refractivity contribution is 5.86. The van der Waals surface area contributed by atoms with Gasteiger partial charge in [0.05, 0.1) is 0 Å². The molecule has 0 spiro atoms. The predicted octanol–water partition coefficient (Wildman–Crippen LogP) is 3.29. The van der Waals surface area contributed by atoms with E-state index >= 15 is 0 Å². The van der Waals surface area contributed by atoms with Gasteiger partial charge in [0.15, 0.2) is 11.9 Å². The molecule has 2 rings (SSSR count). The molecule has 0 aliphatic rings. The second kappa shape index (κ2) is 5.17. The minimum absolute atomic E-state index is 0.0969. The van der Waals surface area contributed by atoms with E-state index in [2.05, 4.69) is 4.98 Å². The summed E-state index contributed by atoms with van der Waals surface area (Å²) in [5, 5.41) is 1.02. The molecule has 0 N–H and O–H groups in total. The van der Waals surface area contributed by atoms with Crippen molar-refractivity contribution in [3.8, 4) is 5.75 Å². The number of fused-ring (bicyclic) bond motifs is 1. The van der Waals surface area contributed by atoms with E-state index in [1.807, 2.05) is 44.2 Å². The highest BCUT2D eigenvalue weighted by Gasteiger charge is 2.14. The number of benzene rings is 1. The highest BCUT2D eigenvalue weighted by Crippen LogP contribution is 2.25. The molecule has 1 unspecified atom stereocenters. The first kappa shape index (κ1) is 12.6. The summed E-state index contributed by atoms with van der Waals surface area (Å²) in [4.78, 5) is 16.1. The smallest absolute Gasteiger partial charge is 0.172 e. The molecule has 3 heteroatoms. The van der Waals surface area contributed by atoms with Gasteiger partial charge in [-0.3, -0.25) is 4.79 Å². The van der Waals surface area contributed by atoms with Gasteiger partial charge in [0.2, 0.25) is 0 Å². The van der Waals surface area contributed by atoms with Crippen LogP contribution in [0.25, 0.3) is 10.9 Å². The van der Waals surface area contributed by atoms with Crippen LogP contribution in [0.1, 0.15) is 26.0 Å². The van der Waals surface area contributed by atoms with Gasteiger partial charge in [-0.25, -0.2) is 4.98 Å². The molecule has 0 bridgehead atoms. The third-order valence-electron chi connectivity index (χ3n) is 2.93. The first-order chi connectivity index (χ1) is 8.61. The molecule has 3 nitrogen and oxygen atoms in total. The van der Waals surface area contributed by atoms with E-state index in [4.69, 9.17) is 4.74 Å². The molecular weight excluding hydrogens is 226 g/mol. The van der Waals surface area contributed by atoms with Gasteiger partial charge in [0, 0.05) is 17.5 Å². The molecule has 2 aromatic rings. The standard InChI is InChI=1S/C15H17NO2/c1-4-13(17)11(3)18-14-7-5-6-12-9-8-10(2)16-15(12)14/h5-9,11H,4H2,1-3H3. The first-order valence-electron chi connectivity index (χ1n) is 6.17. The molecule has 1 heterocycles. The number of ether oxygens (including phenoxy) is 1. The number of hydrogen-bond donors (Lipinski definition) is 0. The Morgan fingerprint density at radius 1 is 1.33 bits per heavy atom. The lowest BCUT2D eigenvalue weighted by atomic mass is 10.1. The molecule has 0 fully saturated rings. The average Bonchev–Trinajstić information content (AvgIpc) is 2.38. The Kier molecular flexibility index (Phi) is 3.60. The zero-order valence-corrected chi connectivity index (χ0v) is 10.9. The van der Waals surface area contributed by atoms with Crippen molar-refractivity contribution >= 4 is 16.7 Å². The van der Waals surface area contributed by atoms with Gasteiger partial charge in [-0.1, -0.05) is 25.1 Å². The monoisotopic (exact) mass is 243 g/mol. The quantitative estimate of drug-likeness (QED) is 0.827. The second-order valence-electron chi connectivity index (χ2n) is 4.36. The number of para-hydroxylation sites is 1. The summed E-state index contributed by atoms with van der Waals surface area (Å²) in [5.41, 5.74) is 1.75. The van der Waals surface area contributed by atoms with Crippen LogP contribution >= 0.6 is 0 Å².